The van der Waals surface area contributed by atoms with Crippen LogP contribution in [0.5, 0.6) is 5.75 Å². The lowest BCUT2D eigenvalue weighted by molar-refractivity contribution is -0.141. The van der Waals surface area contributed by atoms with Crippen LogP contribution < -0.4 is 10.5 Å². The van der Waals surface area contributed by atoms with Crippen LogP contribution in [0.25, 0.3) is 0 Å². The summed E-state index contributed by atoms with van der Waals surface area (Å²) < 4.78 is 10.4. The van der Waals surface area contributed by atoms with Gasteiger partial charge >= 0.3 is 5.97 Å². The van der Waals surface area contributed by atoms with Crippen molar-refractivity contribution in [2.24, 2.45) is 0 Å². The Labute approximate surface area is 113 Å². The number of halogens is 1. The summed E-state index contributed by atoms with van der Waals surface area (Å²) in [6.07, 6.45) is -0.319. The van der Waals surface area contributed by atoms with E-state index in [1.165, 1.54) is 19.2 Å². The third-order valence-corrected chi connectivity index (χ3v) is 2.92. The second-order valence-corrected chi connectivity index (χ2v) is 4.33. The zero-order chi connectivity index (χ0) is 13.7. The number of esters is 1. The van der Waals surface area contributed by atoms with Gasteiger partial charge in [0.05, 0.1) is 19.3 Å². The third-order valence-electron chi connectivity index (χ3n) is 2.23. The van der Waals surface area contributed by atoms with Crippen molar-refractivity contribution >= 4 is 33.4 Å². The predicted octanol–water partition coefficient (Wildman–Crippen LogP) is 2.18. The summed E-state index contributed by atoms with van der Waals surface area (Å²) in [6.45, 7) is 1.93. The average Bonchev–Trinajstić information content (AvgIpc) is 2.32. The molecule has 1 aromatic rings. The van der Waals surface area contributed by atoms with Crippen molar-refractivity contribution in [3.05, 3.63) is 22.2 Å². The van der Waals surface area contributed by atoms with E-state index in [0.717, 1.165) is 0 Å². The van der Waals surface area contributed by atoms with Crippen molar-refractivity contribution in [3.63, 3.8) is 0 Å². The normalized spacial score (nSPS) is 9.94. The minimum atomic E-state index is -0.558. The number of nitrogens with two attached hydrogens (primary N) is 1. The maximum absolute atomic E-state index is 11.9. The highest BCUT2D eigenvalue weighted by atomic mass is 79.9. The largest absolute Gasteiger partial charge is 0.496 e. The van der Waals surface area contributed by atoms with Gasteiger partial charge in [-0.05, 0) is 28.9 Å². The molecule has 0 atom stereocenters. The molecule has 0 saturated heterocycles. The topological polar surface area (TPSA) is 78.6 Å². The van der Waals surface area contributed by atoms with Gasteiger partial charge in [-0.1, -0.05) is 0 Å². The van der Waals surface area contributed by atoms with Crippen LogP contribution >= 0.6 is 15.9 Å². The third kappa shape index (κ3) is 3.46. The van der Waals surface area contributed by atoms with Gasteiger partial charge in [-0.3, -0.25) is 9.59 Å². The van der Waals surface area contributed by atoms with E-state index < -0.39 is 5.97 Å². The van der Waals surface area contributed by atoms with E-state index in [0.29, 0.717) is 21.5 Å². The molecular formula is C12H14BrNO4. The molecule has 0 fully saturated rings. The van der Waals surface area contributed by atoms with E-state index in [9.17, 15) is 9.59 Å². The van der Waals surface area contributed by atoms with Crippen molar-refractivity contribution in [2.45, 2.75) is 13.3 Å². The Morgan fingerprint density at radius 3 is 2.61 bits per heavy atom. The molecule has 0 aliphatic carbocycles. The number of hydrogen-bond donors (Lipinski definition) is 1. The summed E-state index contributed by atoms with van der Waals surface area (Å²) in [6, 6.07) is 3.07. The van der Waals surface area contributed by atoms with Gasteiger partial charge in [0.25, 0.3) is 0 Å². The number of nitrogen functional groups attached to an aromatic ring is 1. The lowest BCUT2D eigenvalue weighted by Gasteiger charge is -2.09. The van der Waals surface area contributed by atoms with E-state index in [-0.39, 0.29) is 18.8 Å². The van der Waals surface area contributed by atoms with Crippen molar-refractivity contribution in [2.75, 3.05) is 19.5 Å². The number of anilines is 1. The molecule has 0 spiro atoms. The van der Waals surface area contributed by atoms with Crippen LogP contribution in [-0.4, -0.2) is 25.5 Å². The van der Waals surface area contributed by atoms with E-state index in [4.69, 9.17) is 15.2 Å². The molecule has 0 aromatic heterocycles. The first-order chi connectivity index (χ1) is 8.49. The smallest absolute Gasteiger partial charge is 0.313 e. The average molecular weight is 316 g/mol. The molecule has 6 heteroatoms. The van der Waals surface area contributed by atoms with Crippen LogP contribution in [0.15, 0.2) is 16.6 Å². The van der Waals surface area contributed by atoms with Gasteiger partial charge in [0, 0.05) is 16.2 Å². The second kappa shape index (κ2) is 6.39. The van der Waals surface area contributed by atoms with Gasteiger partial charge in [-0.15, -0.1) is 0 Å². The molecule has 1 aromatic carbocycles. The quantitative estimate of drug-likeness (QED) is 0.390. The Hall–Kier alpha value is -1.56. The fourth-order valence-corrected chi connectivity index (χ4v) is 1.74. The molecule has 0 aliphatic heterocycles. The Balaban J connectivity index is 2.98. The van der Waals surface area contributed by atoms with Crippen LogP contribution in [0.2, 0.25) is 0 Å². The van der Waals surface area contributed by atoms with E-state index in [2.05, 4.69) is 15.9 Å². The number of benzene rings is 1. The van der Waals surface area contributed by atoms with E-state index in [1.807, 2.05) is 0 Å². The van der Waals surface area contributed by atoms with Crippen LogP contribution in [-0.2, 0) is 9.53 Å². The lowest BCUT2D eigenvalue weighted by Crippen LogP contribution is -2.12. The van der Waals surface area contributed by atoms with Crippen LogP contribution in [0.4, 0.5) is 5.69 Å². The maximum atomic E-state index is 11.9. The zero-order valence-electron chi connectivity index (χ0n) is 10.2. The summed E-state index contributed by atoms with van der Waals surface area (Å²) in [5.74, 6) is -0.589. The number of ether oxygens (including phenoxy) is 2. The van der Waals surface area contributed by atoms with Crippen molar-refractivity contribution in [1.82, 2.24) is 0 Å². The zero-order valence-corrected chi connectivity index (χ0v) is 11.7. The SMILES string of the molecule is CCOC(=O)CC(=O)c1cc(Br)c(N)cc1OC. The first kappa shape index (κ1) is 14.5. The molecule has 18 heavy (non-hydrogen) atoms. The summed E-state index contributed by atoms with van der Waals surface area (Å²) in [4.78, 5) is 23.2. The Bertz CT molecular complexity index is 473. The van der Waals surface area contributed by atoms with Crippen LogP contribution in [0.1, 0.15) is 23.7 Å². The Kier molecular flexibility index (Phi) is 5.15. The molecule has 0 saturated carbocycles. The monoisotopic (exact) mass is 315 g/mol. The standard InChI is InChI=1S/C12H14BrNO4/c1-3-18-12(16)6-10(15)7-4-8(13)9(14)5-11(7)17-2/h4-5H,3,6,14H2,1-2H3. The Morgan fingerprint density at radius 2 is 2.06 bits per heavy atom. The number of methoxy groups -OCH3 is 1. The highest BCUT2D eigenvalue weighted by Crippen LogP contribution is 2.30. The Morgan fingerprint density at radius 1 is 1.39 bits per heavy atom. The lowest BCUT2D eigenvalue weighted by atomic mass is 10.1. The van der Waals surface area contributed by atoms with Crippen LogP contribution in [0.3, 0.4) is 0 Å². The maximum Gasteiger partial charge on any atom is 0.313 e. The number of carbonyl (C=O) groups excluding carboxylic acids is 2. The molecule has 0 amide bonds. The molecular weight excluding hydrogens is 302 g/mol. The van der Waals surface area contributed by atoms with E-state index >= 15 is 0 Å². The van der Waals surface area contributed by atoms with Gasteiger partial charge in [0.15, 0.2) is 5.78 Å². The fraction of sp³-hybridized carbons (Fsp3) is 0.333. The van der Waals surface area contributed by atoms with E-state index in [1.54, 1.807) is 6.92 Å². The van der Waals surface area contributed by atoms with Gasteiger partial charge in [0.2, 0.25) is 0 Å². The molecule has 5 nitrogen and oxygen atoms in total. The van der Waals surface area contributed by atoms with Crippen molar-refractivity contribution in [3.8, 4) is 5.75 Å². The van der Waals surface area contributed by atoms with Gasteiger partial charge in [-0.2, -0.15) is 0 Å². The number of hydrogen-bond acceptors (Lipinski definition) is 5. The van der Waals surface area contributed by atoms with Crippen molar-refractivity contribution < 1.29 is 19.1 Å². The number of ketones is 1. The number of rotatable bonds is 5. The molecule has 0 unspecified atom stereocenters. The highest BCUT2D eigenvalue weighted by molar-refractivity contribution is 9.10. The molecule has 0 aliphatic rings. The first-order valence-corrected chi connectivity index (χ1v) is 6.10. The second-order valence-electron chi connectivity index (χ2n) is 3.48. The molecule has 0 heterocycles. The summed E-state index contributed by atoms with van der Waals surface area (Å²) in [5.41, 5.74) is 6.44. The molecule has 1 rings (SSSR count). The number of Topliss-reactive ketones (excluding diaryl/α,β-unsaturated/α-hetero) is 1. The summed E-state index contributed by atoms with van der Waals surface area (Å²) in [5, 5.41) is 0. The molecule has 2 N–H and O–H groups in total. The predicted molar refractivity (Wildman–Crippen MR) is 70.7 cm³/mol. The highest BCUT2D eigenvalue weighted by Gasteiger charge is 2.18. The van der Waals surface area contributed by atoms with Gasteiger partial charge in [0.1, 0.15) is 12.2 Å². The van der Waals surface area contributed by atoms with Crippen molar-refractivity contribution in [1.29, 1.82) is 0 Å². The van der Waals surface area contributed by atoms with Gasteiger partial charge < -0.3 is 15.2 Å². The summed E-state index contributed by atoms with van der Waals surface area (Å²) in [7, 11) is 1.43. The van der Waals surface area contributed by atoms with Crippen LogP contribution in [0, 0.1) is 0 Å². The molecule has 0 radical (unpaired) electrons. The number of carbonyl (C=O) groups is 2. The molecule has 0 bridgehead atoms. The minimum Gasteiger partial charge on any atom is -0.496 e. The van der Waals surface area contributed by atoms with Gasteiger partial charge in [-0.25, -0.2) is 0 Å². The minimum absolute atomic E-state index is 0.245. The summed E-state index contributed by atoms with van der Waals surface area (Å²) >= 11 is 3.23. The fourth-order valence-electron chi connectivity index (χ4n) is 1.39. The molecule has 98 valence electrons. The first-order valence-electron chi connectivity index (χ1n) is 5.31.